The molecule has 0 bridgehead atoms. The summed E-state index contributed by atoms with van der Waals surface area (Å²) < 4.78 is 0. The largest absolute Gasteiger partial charge is 0.408 e. The zero-order valence-corrected chi connectivity index (χ0v) is 21.2. The Hall–Kier alpha value is -0.782. The monoisotopic (exact) mass is 495 g/mol. The van der Waals surface area contributed by atoms with Crippen molar-refractivity contribution < 1.29 is 65.4 Å². The second-order valence-corrected chi connectivity index (χ2v) is 5.57. The maximum Gasteiger partial charge on any atom is 0.0307 e. The first kappa shape index (κ1) is 27.4. The van der Waals surface area contributed by atoms with Gasteiger partial charge in [-0.05, 0) is 30.0 Å². The molecule has 0 fully saturated rings. The van der Waals surface area contributed by atoms with Gasteiger partial charge in [0.15, 0.2) is 0 Å². The van der Waals surface area contributed by atoms with Crippen molar-refractivity contribution in [1.29, 1.82) is 5.26 Å². The van der Waals surface area contributed by atoms with E-state index < -0.39 is 0 Å². The van der Waals surface area contributed by atoms with Gasteiger partial charge in [0.25, 0.3) is 0 Å². The number of nitriles is 1. The van der Waals surface area contributed by atoms with Crippen LogP contribution in [-0.2, 0) is 65.4 Å². The number of aryl methyl sites for hydroxylation is 1. The summed E-state index contributed by atoms with van der Waals surface area (Å²) >= 11 is 0. The Kier molecular flexibility index (Phi) is 16.1. The van der Waals surface area contributed by atoms with Gasteiger partial charge < -0.3 is 11.5 Å². The van der Waals surface area contributed by atoms with Gasteiger partial charge in [0.1, 0.15) is 0 Å². The molecular formula is C21H23N3Y2-2. The molecule has 130 valence electrons. The van der Waals surface area contributed by atoms with Gasteiger partial charge >= 0.3 is 0 Å². The Morgan fingerprint density at radius 2 is 1.81 bits per heavy atom. The molecule has 2 rings (SSSR count). The van der Waals surface area contributed by atoms with E-state index >= 15 is 0 Å². The Balaban J connectivity index is 0. The van der Waals surface area contributed by atoms with Crippen molar-refractivity contribution >= 4 is 5.70 Å². The van der Waals surface area contributed by atoms with E-state index in [4.69, 9.17) is 16.7 Å². The second kappa shape index (κ2) is 15.3. The molecule has 0 aliphatic rings. The van der Waals surface area contributed by atoms with Gasteiger partial charge in [-0.25, -0.2) is 5.26 Å². The van der Waals surface area contributed by atoms with Crippen LogP contribution in [0.15, 0.2) is 54.8 Å². The third-order valence-corrected chi connectivity index (χ3v) is 3.28. The molecule has 0 saturated carbocycles. The molecule has 4 N–H and O–H groups in total. The van der Waals surface area contributed by atoms with Gasteiger partial charge in [-0.3, -0.25) is 0 Å². The van der Waals surface area contributed by atoms with Crippen LogP contribution < -0.4 is 11.5 Å². The third kappa shape index (κ3) is 10.4. The maximum absolute atomic E-state index is 8.50. The Labute approximate surface area is 207 Å². The average molecular weight is 495 g/mol. The number of rotatable bonds is 3. The molecule has 0 spiro atoms. The van der Waals surface area contributed by atoms with Crippen LogP contribution in [0.4, 0.5) is 0 Å². The first-order chi connectivity index (χ1) is 11.5. The third-order valence-electron chi connectivity index (χ3n) is 3.28. The van der Waals surface area contributed by atoms with E-state index in [0.717, 1.165) is 16.7 Å². The molecule has 2 radical (unpaired) electrons. The predicted octanol–water partition coefficient (Wildman–Crippen LogP) is 4.04. The standard InChI is InChI=1S/C11H13N2.C10H10N.2Y/c1-9-4-6-10(7-5-9)11(13)3-2-8-12;1-8(2)10-5-3-9(7-11)4-6-10;;/h2-4,6-8H,12-13H2,1H3;3-5,8H,1-2H3;;/q2*-1;;/b8-2-,11-3-;;;. The smallest absolute Gasteiger partial charge is 0.0307 e. The quantitative estimate of drug-likeness (QED) is 0.499. The van der Waals surface area contributed by atoms with Gasteiger partial charge in [-0.15, -0.1) is 5.56 Å². The van der Waals surface area contributed by atoms with Crippen LogP contribution in [0.2, 0.25) is 0 Å². The SMILES string of the molecule is CC(C)c1[c-]cc(C#N)cc1.Cc1[c-]cc(/C(N)=C/C=C\N)cc1.[Y].[Y]. The van der Waals surface area contributed by atoms with Crippen molar-refractivity contribution in [2.24, 2.45) is 11.5 Å². The zero-order chi connectivity index (χ0) is 17.9. The van der Waals surface area contributed by atoms with Crippen molar-refractivity contribution in [2.75, 3.05) is 0 Å². The number of benzene rings is 2. The van der Waals surface area contributed by atoms with E-state index in [1.807, 2.05) is 37.3 Å². The molecule has 0 aliphatic carbocycles. The molecule has 26 heavy (non-hydrogen) atoms. The molecule has 0 amide bonds. The van der Waals surface area contributed by atoms with Gasteiger partial charge in [-0.2, -0.15) is 59.7 Å². The zero-order valence-electron chi connectivity index (χ0n) is 15.5. The van der Waals surface area contributed by atoms with Crippen LogP contribution in [0.3, 0.4) is 0 Å². The Bertz CT molecular complexity index is 725. The topological polar surface area (TPSA) is 75.8 Å². The van der Waals surface area contributed by atoms with E-state index in [-0.39, 0.29) is 65.4 Å². The summed E-state index contributed by atoms with van der Waals surface area (Å²) in [4.78, 5) is 0. The summed E-state index contributed by atoms with van der Waals surface area (Å²) in [6, 6.07) is 19.5. The van der Waals surface area contributed by atoms with Crippen LogP contribution in [0, 0.1) is 30.4 Å². The minimum Gasteiger partial charge on any atom is -0.408 e. The van der Waals surface area contributed by atoms with Crippen molar-refractivity contribution in [3.63, 3.8) is 0 Å². The summed E-state index contributed by atoms with van der Waals surface area (Å²) in [6.45, 7) is 6.21. The minimum absolute atomic E-state index is 0. The van der Waals surface area contributed by atoms with Crippen LogP contribution in [-0.4, -0.2) is 0 Å². The number of hydrogen-bond acceptors (Lipinski definition) is 3. The summed E-state index contributed by atoms with van der Waals surface area (Å²) in [5, 5.41) is 8.50. The van der Waals surface area contributed by atoms with Crippen LogP contribution in [0.25, 0.3) is 5.70 Å². The van der Waals surface area contributed by atoms with Crippen molar-refractivity contribution in [2.45, 2.75) is 26.7 Å². The summed E-state index contributed by atoms with van der Waals surface area (Å²) in [7, 11) is 0. The number of hydrogen-bond donors (Lipinski definition) is 2. The van der Waals surface area contributed by atoms with Gasteiger partial charge in [0, 0.05) is 71.5 Å². The summed E-state index contributed by atoms with van der Waals surface area (Å²) in [6.07, 6.45) is 4.92. The van der Waals surface area contributed by atoms with Gasteiger partial charge in [0.05, 0.1) is 0 Å². The second-order valence-electron chi connectivity index (χ2n) is 5.57. The first-order valence-corrected chi connectivity index (χ1v) is 7.72. The van der Waals surface area contributed by atoms with Crippen molar-refractivity contribution in [3.8, 4) is 6.07 Å². The van der Waals surface area contributed by atoms with E-state index in [2.05, 4.69) is 32.0 Å². The molecule has 2 aromatic carbocycles. The molecule has 5 heteroatoms. The number of nitrogens with zero attached hydrogens (tertiary/aromatic N) is 1. The van der Waals surface area contributed by atoms with E-state index in [0.29, 0.717) is 17.2 Å². The van der Waals surface area contributed by atoms with E-state index in [1.165, 1.54) is 6.20 Å². The van der Waals surface area contributed by atoms with Crippen LogP contribution >= 0.6 is 0 Å². The fourth-order valence-electron chi connectivity index (χ4n) is 1.80. The van der Waals surface area contributed by atoms with Gasteiger partial charge in [-0.1, -0.05) is 26.3 Å². The van der Waals surface area contributed by atoms with Crippen molar-refractivity contribution in [1.82, 2.24) is 0 Å². The van der Waals surface area contributed by atoms with E-state index in [9.17, 15) is 0 Å². The van der Waals surface area contributed by atoms with Crippen LogP contribution in [0.5, 0.6) is 0 Å². The molecule has 0 heterocycles. The minimum atomic E-state index is 0. The van der Waals surface area contributed by atoms with Gasteiger partial charge in [0.2, 0.25) is 0 Å². The number of nitrogens with two attached hydrogens (primary N) is 2. The molecule has 0 saturated heterocycles. The fourth-order valence-corrected chi connectivity index (χ4v) is 1.80. The Morgan fingerprint density at radius 3 is 2.23 bits per heavy atom. The molecule has 0 aliphatic heterocycles. The van der Waals surface area contributed by atoms with E-state index in [1.54, 1.807) is 18.2 Å². The predicted molar refractivity (Wildman–Crippen MR) is 99.6 cm³/mol. The molecule has 2 aromatic rings. The molecule has 0 aromatic heterocycles. The number of allylic oxidation sites excluding steroid dienone is 2. The molecule has 0 atom stereocenters. The molecular weight excluding hydrogens is 472 g/mol. The maximum atomic E-state index is 8.50. The normalized spacial score (nSPS) is 10.2. The first-order valence-electron chi connectivity index (χ1n) is 7.72. The van der Waals surface area contributed by atoms with Crippen molar-refractivity contribution in [3.05, 3.63) is 89.1 Å². The summed E-state index contributed by atoms with van der Waals surface area (Å²) in [5.41, 5.74) is 15.5. The fraction of sp³-hybridized carbons (Fsp3) is 0.190. The Morgan fingerprint density at radius 1 is 1.12 bits per heavy atom. The van der Waals surface area contributed by atoms with Crippen LogP contribution in [0.1, 0.15) is 42.0 Å². The average Bonchev–Trinajstić information content (AvgIpc) is 2.61. The molecule has 3 nitrogen and oxygen atoms in total. The molecule has 0 unspecified atom stereocenters. The summed E-state index contributed by atoms with van der Waals surface area (Å²) in [5.74, 6) is 0.489.